The first-order valence-electron chi connectivity index (χ1n) is 11.1. The molecule has 0 saturated carbocycles. The fourth-order valence-electron chi connectivity index (χ4n) is 5.17. The average Bonchev–Trinajstić information content (AvgIpc) is 3.33. The minimum absolute atomic E-state index is 0.0520. The molecule has 1 saturated heterocycles. The molecule has 1 amide bonds. The molecule has 3 aromatic carbocycles. The van der Waals surface area contributed by atoms with E-state index in [1.54, 1.807) is 4.90 Å². The third-order valence-corrected chi connectivity index (χ3v) is 7.16. The molecule has 4 aromatic rings. The van der Waals surface area contributed by atoms with Crippen molar-refractivity contribution in [3.63, 3.8) is 0 Å². The number of hydrogen-bond donors (Lipinski definition) is 1. The number of amides is 1. The van der Waals surface area contributed by atoms with Crippen molar-refractivity contribution in [2.24, 2.45) is 0 Å². The Balaban J connectivity index is 1.51. The Kier molecular flexibility index (Phi) is 4.40. The number of hydrogen-bond acceptors (Lipinski definition) is 2. The number of carbonyl (C=O) groups excluding carboxylic acids is 1. The van der Waals surface area contributed by atoms with Crippen LogP contribution in [0.5, 0.6) is 0 Å². The zero-order valence-corrected chi connectivity index (χ0v) is 18.6. The molecule has 6 rings (SSSR count). The molecule has 5 heteroatoms. The van der Waals surface area contributed by atoms with Crippen molar-refractivity contribution >= 4 is 39.8 Å². The van der Waals surface area contributed by atoms with Crippen LogP contribution < -0.4 is 4.90 Å². The van der Waals surface area contributed by atoms with Gasteiger partial charge in [-0.15, -0.1) is 0 Å². The Morgan fingerprint density at radius 3 is 2.44 bits per heavy atom. The van der Waals surface area contributed by atoms with E-state index in [9.17, 15) is 4.79 Å². The molecule has 3 heterocycles. The van der Waals surface area contributed by atoms with Crippen molar-refractivity contribution in [3.8, 4) is 0 Å². The summed E-state index contributed by atoms with van der Waals surface area (Å²) in [5, 5.41) is 1.76. The van der Waals surface area contributed by atoms with Gasteiger partial charge in [-0.05, 0) is 53.5 Å². The number of para-hydroxylation sites is 1. The molecule has 2 atom stereocenters. The van der Waals surface area contributed by atoms with Crippen LogP contribution >= 0.6 is 12.2 Å². The first kappa shape index (κ1) is 19.3. The van der Waals surface area contributed by atoms with Crippen LogP contribution in [0.1, 0.15) is 35.3 Å². The van der Waals surface area contributed by atoms with E-state index in [1.807, 2.05) is 36.4 Å². The quantitative estimate of drug-likeness (QED) is 0.438. The number of thiocarbonyl (C=S) groups is 1. The summed E-state index contributed by atoms with van der Waals surface area (Å²) >= 11 is 5.96. The molecule has 0 spiro atoms. The van der Waals surface area contributed by atoms with Gasteiger partial charge in [-0.25, -0.2) is 0 Å². The molecule has 0 bridgehead atoms. The van der Waals surface area contributed by atoms with Gasteiger partial charge >= 0.3 is 0 Å². The van der Waals surface area contributed by atoms with Gasteiger partial charge in [-0.1, -0.05) is 67.6 Å². The highest BCUT2D eigenvalue weighted by Crippen LogP contribution is 2.44. The number of carbonyl (C=O) groups is 1. The van der Waals surface area contributed by atoms with Gasteiger partial charge in [-0.2, -0.15) is 0 Å². The topological polar surface area (TPSA) is 39.3 Å². The lowest BCUT2D eigenvalue weighted by Gasteiger charge is -2.37. The highest BCUT2D eigenvalue weighted by molar-refractivity contribution is 7.80. The Labute approximate surface area is 192 Å². The molecule has 0 unspecified atom stereocenters. The zero-order valence-electron chi connectivity index (χ0n) is 17.8. The van der Waals surface area contributed by atoms with E-state index in [0.717, 1.165) is 28.9 Å². The molecule has 1 fully saturated rings. The molecule has 1 aromatic heterocycles. The lowest BCUT2D eigenvalue weighted by Crippen LogP contribution is -2.44. The van der Waals surface area contributed by atoms with Crippen LogP contribution in [-0.4, -0.2) is 26.9 Å². The number of aryl methyl sites for hydroxylation is 1. The van der Waals surface area contributed by atoms with E-state index in [0.29, 0.717) is 11.5 Å². The lowest BCUT2D eigenvalue weighted by atomic mass is 9.89. The van der Waals surface area contributed by atoms with Gasteiger partial charge in [0.1, 0.15) is 6.04 Å². The molecule has 1 N–H and O–H groups in total. The summed E-state index contributed by atoms with van der Waals surface area (Å²) in [6.07, 6.45) is 1.61. The second-order valence-corrected chi connectivity index (χ2v) is 8.84. The van der Waals surface area contributed by atoms with Crippen LogP contribution in [0.15, 0.2) is 78.9 Å². The molecule has 0 radical (unpaired) electrons. The van der Waals surface area contributed by atoms with Crippen LogP contribution in [0.3, 0.4) is 0 Å². The number of anilines is 1. The van der Waals surface area contributed by atoms with E-state index in [-0.39, 0.29) is 18.0 Å². The van der Waals surface area contributed by atoms with Gasteiger partial charge in [-0.3, -0.25) is 9.69 Å². The Morgan fingerprint density at radius 1 is 0.969 bits per heavy atom. The van der Waals surface area contributed by atoms with Crippen LogP contribution in [-0.2, 0) is 17.6 Å². The second-order valence-electron chi connectivity index (χ2n) is 8.48. The maximum atomic E-state index is 13.7. The summed E-state index contributed by atoms with van der Waals surface area (Å²) in [5.74, 6) is 0.0520. The van der Waals surface area contributed by atoms with Crippen LogP contribution in [0, 0.1) is 0 Å². The van der Waals surface area contributed by atoms with Crippen molar-refractivity contribution in [1.29, 1.82) is 0 Å². The number of aromatic amines is 1. The maximum Gasteiger partial charge on any atom is 0.256 e. The van der Waals surface area contributed by atoms with Gasteiger partial charge in [0, 0.05) is 23.0 Å². The van der Waals surface area contributed by atoms with Gasteiger partial charge in [0.15, 0.2) is 5.11 Å². The molecule has 2 aliphatic rings. The summed E-state index contributed by atoms with van der Waals surface area (Å²) in [6.45, 7) is 2.13. The number of rotatable bonds is 3. The number of aromatic nitrogens is 1. The van der Waals surface area contributed by atoms with Crippen molar-refractivity contribution in [3.05, 3.63) is 101 Å². The summed E-state index contributed by atoms with van der Waals surface area (Å²) in [7, 11) is 0. The predicted octanol–water partition coefficient (Wildman–Crippen LogP) is 5.38. The first-order valence-corrected chi connectivity index (χ1v) is 11.5. The molecule has 0 aliphatic carbocycles. The average molecular weight is 438 g/mol. The lowest BCUT2D eigenvalue weighted by molar-refractivity contribution is -0.120. The summed E-state index contributed by atoms with van der Waals surface area (Å²) in [6, 6.07) is 26.4. The van der Waals surface area contributed by atoms with E-state index < -0.39 is 0 Å². The third-order valence-electron chi connectivity index (χ3n) is 6.77. The zero-order chi connectivity index (χ0) is 21.8. The Bertz CT molecular complexity index is 1340. The number of benzene rings is 3. The Morgan fingerprint density at radius 2 is 1.69 bits per heavy atom. The number of nitrogens with one attached hydrogen (secondary N) is 1. The maximum absolute atomic E-state index is 13.7. The summed E-state index contributed by atoms with van der Waals surface area (Å²) < 4.78 is 0. The normalized spacial score (nSPS) is 20.0. The van der Waals surface area contributed by atoms with Crippen molar-refractivity contribution in [2.45, 2.75) is 31.8 Å². The number of H-pyrrole nitrogens is 1. The fraction of sp³-hybridized carbons (Fsp3) is 0.185. The van der Waals surface area contributed by atoms with Gasteiger partial charge in [0.2, 0.25) is 0 Å². The first-order chi connectivity index (χ1) is 15.7. The number of nitrogens with zero attached hydrogens (tertiary/aromatic N) is 2. The van der Waals surface area contributed by atoms with Gasteiger partial charge in [0.25, 0.3) is 5.91 Å². The fourth-order valence-corrected chi connectivity index (χ4v) is 5.60. The van der Waals surface area contributed by atoms with Crippen LogP contribution in [0.25, 0.3) is 10.9 Å². The Hall–Kier alpha value is -3.44. The molecular weight excluding hydrogens is 414 g/mol. The smallest absolute Gasteiger partial charge is 0.256 e. The van der Waals surface area contributed by atoms with Gasteiger partial charge in [0.05, 0.1) is 11.7 Å². The molecule has 158 valence electrons. The molecule has 2 aliphatic heterocycles. The molecule has 4 nitrogen and oxygen atoms in total. The third kappa shape index (κ3) is 2.74. The van der Waals surface area contributed by atoms with Gasteiger partial charge < -0.3 is 9.88 Å². The minimum atomic E-state index is -0.315. The van der Waals surface area contributed by atoms with Crippen LogP contribution in [0.4, 0.5) is 5.69 Å². The monoisotopic (exact) mass is 437 g/mol. The van der Waals surface area contributed by atoms with Crippen molar-refractivity contribution in [1.82, 2.24) is 9.88 Å². The van der Waals surface area contributed by atoms with E-state index in [1.165, 1.54) is 16.5 Å². The predicted molar refractivity (Wildman–Crippen MR) is 132 cm³/mol. The van der Waals surface area contributed by atoms with E-state index >= 15 is 0 Å². The SMILES string of the molecule is CCc1ccc(N2C(=O)[C@H]3Cc4c([nH]c5ccccc45)[C@H](c4ccccc4)N3C2=S)cc1. The largest absolute Gasteiger partial charge is 0.356 e. The highest BCUT2D eigenvalue weighted by atomic mass is 32.1. The van der Waals surface area contributed by atoms with Crippen molar-refractivity contribution < 1.29 is 4.79 Å². The summed E-state index contributed by atoms with van der Waals surface area (Å²) in [4.78, 5) is 21.3. The van der Waals surface area contributed by atoms with Crippen LogP contribution in [0.2, 0.25) is 0 Å². The molecular formula is C27H23N3OS. The van der Waals surface area contributed by atoms with E-state index in [4.69, 9.17) is 12.2 Å². The van der Waals surface area contributed by atoms with Crippen molar-refractivity contribution in [2.75, 3.05) is 4.90 Å². The second kappa shape index (κ2) is 7.31. The standard InChI is InChI=1S/C27H23N3OS/c1-2-17-12-14-19(15-13-17)29-26(31)23-16-21-20-10-6-7-11-22(20)28-24(21)25(30(23)27(29)32)18-8-4-3-5-9-18/h3-15,23,25,28H,2,16H2,1H3/t23-,25+/m1/s1. The molecule has 32 heavy (non-hydrogen) atoms. The van der Waals surface area contributed by atoms with E-state index in [2.05, 4.69) is 59.3 Å². The highest BCUT2D eigenvalue weighted by Gasteiger charge is 2.50. The minimum Gasteiger partial charge on any atom is -0.356 e. The summed E-state index contributed by atoms with van der Waals surface area (Å²) in [5.41, 5.74) is 6.66. The number of fused-ring (bicyclic) bond motifs is 4.